The second-order valence-electron chi connectivity index (χ2n) is 3.09. The zero-order valence-corrected chi connectivity index (χ0v) is 10.3. The number of halogens is 1. The van der Waals surface area contributed by atoms with Gasteiger partial charge in [0.1, 0.15) is 0 Å². The smallest absolute Gasteiger partial charge is 0.0372 e. The lowest BCUT2D eigenvalue weighted by Gasteiger charge is -1.88. The number of hydrogen-bond donors (Lipinski definition) is 0. The van der Waals surface area contributed by atoms with Crippen molar-refractivity contribution in [1.82, 2.24) is 4.98 Å². The number of nitrogens with zero attached hydrogens (tertiary/aromatic N) is 1. The summed E-state index contributed by atoms with van der Waals surface area (Å²) in [4.78, 5) is 3.98. The summed E-state index contributed by atoms with van der Waals surface area (Å²) in [6.07, 6.45) is 1.79. The highest BCUT2D eigenvalue weighted by Crippen LogP contribution is 2.02. The molecule has 78 valence electrons. The monoisotopic (exact) mass is 263 g/mol. The van der Waals surface area contributed by atoms with Crippen LogP contribution in [0.1, 0.15) is 11.3 Å². The van der Waals surface area contributed by atoms with Gasteiger partial charge in [-0.1, -0.05) is 52.3 Å². The van der Waals surface area contributed by atoms with Crippen molar-refractivity contribution in [2.75, 3.05) is 0 Å². The van der Waals surface area contributed by atoms with Crippen LogP contribution in [0, 0.1) is 6.92 Å². The average Bonchev–Trinajstić information content (AvgIpc) is 2.32. The van der Waals surface area contributed by atoms with Crippen LogP contribution in [0.2, 0.25) is 0 Å². The van der Waals surface area contributed by atoms with E-state index in [0.29, 0.717) is 0 Å². The number of rotatable bonds is 1. The maximum atomic E-state index is 3.98. The number of aryl methyl sites for hydroxylation is 1. The Morgan fingerprint density at radius 1 is 1.00 bits per heavy atom. The van der Waals surface area contributed by atoms with Crippen LogP contribution >= 0.6 is 15.9 Å². The molecule has 1 heterocycles. The lowest BCUT2D eigenvalue weighted by Crippen LogP contribution is -1.72. The standard InChI is InChI=1S/C7H7Br.C6H7N/c8-6-7-4-2-1-3-5-7;1-6-4-2-3-5-7-6/h1-5H,6H2;2-5H,1H3. The first kappa shape index (κ1) is 11.9. The normalized spacial score (nSPS) is 8.93. The van der Waals surface area contributed by atoms with E-state index in [9.17, 15) is 0 Å². The van der Waals surface area contributed by atoms with E-state index in [1.54, 1.807) is 6.20 Å². The summed E-state index contributed by atoms with van der Waals surface area (Å²) in [5.74, 6) is 0. The van der Waals surface area contributed by atoms with Gasteiger partial charge in [-0.2, -0.15) is 0 Å². The first-order chi connectivity index (χ1) is 7.33. The van der Waals surface area contributed by atoms with Gasteiger partial charge in [0, 0.05) is 17.2 Å². The van der Waals surface area contributed by atoms with Crippen LogP contribution in [-0.4, -0.2) is 4.98 Å². The van der Waals surface area contributed by atoms with Gasteiger partial charge < -0.3 is 0 Å². The summed E-state index contributed by atoms with van der Waals surface area (Å²) in [7, 11) is 0. The van der Waals surface area contributed by atoms with Crippen LogP contribution in [-0.2, 0) is 5.33 Å². The minimum Gasteiger partial charge on any atom is -0.262 e. The zero-order chi connectivity index (χ0) is 10.9. The van der Waals surface area contributed by atoms with E-state index >= 15 is 0 Å². The molecular weight excluding hydrogens is 250 g/mol. The van der Waals surface area contributed by atoms with Gasteiger partial charge in [0.2, 0.25) is 0 Å². The van der Waals surface area contributed by atoms with Gasteiger partial charge in [-0.05, 0) is 24.6 Å². The molecule has 2 aromatic rings. The molecule has 0 spiro atoms. The topological polar surface area (TPSA) is 12.9 Å². The van der Waals surface area contributed by atoms with Gasteiger partial charge >= 0.3 is 0 Å². The molecule has 15 heavy (non-hydrogen) atoms. The Balaban J connectivity index is 0.000000151. The molecular formula is C13H14BrN. The molecule has 0 atom stereocenters. The minimum atomic E-state index is 0.952. The summed E-state index contributed by atoms with van der Waals surface area (Å²) in [6.45, 7) is 1.97. The Bertz CT molecular complexity index is 359. The molecule has 0 radical (unpaired) electrons. The Kier molecular flexibility index (Phi) is 5.71. The average molecular weight is 264 g/mol. The van der Waals surface area contributed by atoms with Crippen molar-refractivity contribution in [2.24, 2.45) is 0 Å². The highest BCUT2D eigenvalue weighted by molar-refractivity contribution is 9.08. The SMILES string of the molecule is BrCc1ccccc1.Cc1ccccn1. The fraction of sp³-hybridized carbons (Fsp3) is 0.154. The lowest BCUT2D eigenvalue weighted by atomic mass is 10.2. The van der Waals surface area contributed by atoms with Crippen molar-refractivity contribution >= 4 is 15.9 Å². The van der Waals surface area contributed by atoms with Crippen LogP contribution in [0.15, 0.2) is 54.7 Å². The Hall–Kier alpha value is -1.15. The maximum Gasteiger partial charge on any atom is 0.0372 e. The predicted molar refractivity (Wildman–Crippen MR) is 68.0 cm³/mol. The van der Waals surface area contributed by atoms with Gasteiger partial charge in [0.15, 0.2) is 0 Å². The number of hydrogen-bond acceptors (Lipinski definition) is 1. The summed E-state index contributed by atoms with van der Waals surface area (Å²) in [6, 6.07) is 16.1. The number of pyridine rings is 1. The highest BCUT2D eigenvalue weighted by Gasteiger charge is 1.81. The molecule has 2 rings (SSSR count). The third kappa shape index (κ3) is 5.33. The zero-order valence-electron chi connectivity index (χ0n) is 8.73. The van der Waals surface area contributed by atoms with Crippen molar-refractivity contribution < 1.29 is 0 Å². The van der Waals surface area contributed by atoms with E-state index in [1.807, 2.05) is 43.3 Å². The highest BCUT2D eigenvalue weighted by atomic mass is 79.9. The molecule has 0 bridgehead atoms. The minimum absolute atomic E-state index is 0.952. The molecule has 0 unspecified atom stereocenters. The summed E-state index contributed by atoms with van der Waals surface area (Å²) in [5.41, 5.74) is 2.40. The molecule has 1 aromatic heterocycles. The molecule has 0 N–H and O–H groups in total. The Morgan fingerprint density at radius 3 is 2.00 bits per heavy atom. The van der Waals surface area contributed by atoms with E-state index in [1.165, 1.54) is 5.56 Å². The molecule has 0 amide bonds. The van der Waals surface area contributed by atoms with Crippen LogP contribution in [0.25, 0.3) is 0 Å². The van der Waals surface area contributed by atoms with E-state index in [0.717, 1.165) is 11.0 Å². The summed E-state index contributed by atoms with van der Waals surface area (Å²) >= 11 is 3.36. The van der Waals surface area contributed by atoms with Gasteiger partial charge in [-0.25, -0.2) is 0 Å². The molecule has 0 fully saturated rings. The molecule has 0 aliphatic heterocycles. The van der Waals surface area contributed by atoms with Gasteiger partial charge in [-0.15, -0.1) is 0 Å². The van der Waals surface area contributed by atoms with Crippen molar-refractivity contribution in [1.29, 1.82) is 0 Å². The lowest BCUT2D eigenvalue weighted by molar-refractivity contribution is 1.20. The van der Waals surface area contributed by atoms with Crippen molar-refractivity contribution in [2.45, 2.75) is 12.3 Å². The molecule has 1 aromatic carbocycles. The van der Waals surface area contributed by atoms with Crippen molar-refractivity contribution in [3.05, 3.63) is 66.0 Å². The van der Waals surface area contributed by atoms with Crippen LogP contribution in [0.4, 0.5) is 0 Å². The van der Waals surface area contributed by atoms with E-state index in [-0.39, 0.29) is 0 Å². The van der Waals surface area contributed by atoms with Crippen molar-refractivity contribution in [3.8, 4) is 0 Å². The van der Waals surface area contributed by atoms with Crippen LogP contribution < -0.4 is 0 Å². The first-order valence-corrected chi connectivity index (χ1v) is 5.92. The molecule has 0 aliphatic rings. The summed E-state index contributed by atoms with van der Waals surface area (Å²) in [5, 5.41) is 0.952. The Morgan fingerprint density at radius 2 is 1.67 bits per heavy atom. The Labute approximate surface area is 99.3 Å². The van der Waals surface area contributed by atoms with E-state index in [4.69, 9.17) is 0 Å². The predicted octanol–water partition coefficient (Wildman–Crippen LogP) is 3.97. The van der Waals surface area contributed by atoms with E-state index < -0.39 is 0 Å². The number of alkyl halides is 1. The largest absolute Gasteiger partial charge is 0.262 e. The number of benzene rings is 1. The fourth-order valence-electron chi connectivity index (χ4n) is 1.02. The first-order valence-electron chi connectivity index (χ1n) is 4.80. The van der Waals surface area contributed by atoms with Crippen LogP contribution in [0.3, 0.4) is 0 Å². The third-order valence-electron chi connectivity index (χ3n) is 1.81. The van der Waals surface area contributed by atoms with Gasteiger partial charge in [0.25, 0.3) is 0 Å². The maximum absolute atomic E-state index is 3.98. The van der Waals surface area contributed by atoms with Gasteiger partial charge in [-0.3, -0.25) is 4.98 Å². The van der Waals surface area contributed by atoms with Crippen LogP contribution in [0.5, 0.6) is 0 Å². The quantitative estimate of drug-likeness (QED) is 0.710. The summed E-state index contributed by atoms with van der Waals surface area (Å²) < 4.78 is 0. The van der Waals surface area contributed by atoms with Gasteiger partial charge in [0.05, 0.1) is 0 Å². The fourth-order valence-corrected chi connectivity index (χ4v) is 1.39. The molecule has 1 nitrogen and oxygen atoms in total. The second kappa shape index (κ2) is 7.18. The molecule has 2 heteroatoms. The molecule has 0 aliphatic carbocycles. The van der Waals surface area contributed by atoms with Crippen molar-refractivity contribution in [3.63, 3.8) is 0 Å². The third-order valence-corrected chi connectivity index (χ3v) is 2.46. The number of aromatic nitrogens is 1. The molecule has 0 saturated carbocycles. The second-order valence-corrected chi connectivity index (χ2v) is 3.65. The van der Waals surface area contributed by atoms with E-state index in [2.05, 4.69) is 33.0 Å². The molecule has 0 saturated heterocycles.